The minimum absolute atomic E-state index is 0.0381. The summed E-state index contributed by atoms with van der Waals surface area (Å²) in [6.07, 6.45) is 4.25. The standard InChI is InChI=1S/C15H18N4OS/c16-19-9-13(12-4-2-1-3-5-12)18-15(19)21-10-14(20)17-8-11-6-7-11/h1-5,9,11H,6-8,10,16H2,(H,17,20). The summed E-state index contributed by atoms with van der Waals surface area (Å²) in [5.41, 5.74) is 1.83. The average Bonchev–Trinajstić information content (AvgIpc) is 3.26. The Balaban J connectivity index is 1.58. The summed E-state index contributed by atoms with van der Waals surface area (Å²) in [7, 11) is 0. The topological polar surface area (TPSA) is 72.9 Å². The number of thioether (sulfide) groups is 1. The molecule has 1 aliphatic carbocycles. The lowest BCUT2D eigenvalue weighted by atomic mass is 10.2. The Hall–Kier alpha value is -1.95. The quantitative estimate of drug-likeness (QED) is 0.631. The van der Waals surface area contributed by atoms with E-state index in [1.807, 2.05) is 30.3 Å². The zero-order valence-electron chi connectivity index (χ0n) is 11.7. The molecule has 21 heavy (non-hydrogen) atoms. The van der Waals surface area contributed by atoms with Crippen LogP contribution in [-0.2, 0) is 4.79 Å². The molecule has 1 heterocycles. The summed E-state index contributed by atoms with van der Waals surface area (Å²) >= 11 is 1.36. The molecular weight excluding hydrogens is 284 g/mol. The molecule has 2 aromatic rings. The molecule has 0 saturated heterocycles. The van der Waals surface area contributed by atoms with Crippen LogP contribution >= 0.6 is 11.8 Å². The predicted molar refractivity (Wildman–Crippen MR) is 84.3 cm³/mol. The van der Waals surface area contributed by atoms with Crippen LogP contribution in [0, 0.1) is 5.92 Å². The molecule has 0 spiro atoms. The molecular formula is C15H18N4OS. The number of carbonyl (C=O) groups is 1. The Bertz CT molecular complexity index is 622. The summed E-state index contributed by atoms with van der Waals surface area (Å²) in [6.45, 7) is 0.797. The van der Waals surface area contributed by atoms with Crippen molar-refractivity contribution in [3.05, 3.63) is 36.5 Å². The number of rotatable bonds is 6. The summed E-state index contributed by atoms with van der Waals surface area (Å²) in [5.74, 6) is 6.97. The van der Waals surface area contributed by atoms with Crippen molar-refractivity contribution in [1.29, 1.82) is 0 Å². The molecule has 0 atom stereocenters. The van der Waals surface area contributed by atoms with Gasteiger partial charge in [-0.3, -0.25) is 4.79 Å². The van der Waals surface area contributed by atoms with Crippen molar-refractivity contribution in [2.45, 2.75) is 18.0 Å². The third-order valence-electron chi connectivity index (χ3n) is 3.39. The summed E-state index contributed by atoms with van der Waals surface area (Å²) in [4.78, 5) is 16.2. The van der Waals surface area contributed by atoms with E-state index in [1.54, 1.807) is 6.20 Å². The normalized spacial score (nSPS) is 14.1. The van der Waals surface area contributed by atoms with Crippen LogP contribution in [0.15, 0.2) is 41.7 Å². The Morgan fingerprint density at radius 1 is 1.38 bits per heavy atom. The third kappa shape index (κ3) is 3.78. The molecule has 1 saturated carbocycles. The fourth-order valence-corrected chi connectivity index (χ4v) is 2.72. The molecule has 1 fully saturated rings. The summed E-state index contributed by atoms with van der Waals surface area (Å²) in [5, 5.41) is 3.58. The highest BCUT2D eigenvalue weighted by atomic mass is 32.2. The number of nitrogens with zero attached hydrogens (tertiary/aromatic N) is 2. The van der Waals surface area contributed by atoms with Crippen molar-refractivity contribution in [3.8, 4) is 11.3 Å². The van der Waals surface area contributed by atoms with Crippen molar-refractivity contribution in [2.24, 2.45) is 5.92 Å². The van der Waals surface area contributed by atoms with Gasteiger partial charge in [0.2, 0.25) is 5.91 Å². The van der Waals surface area contributed by atoms with E-state index >= 15 is 0 Å². The van der Waals surface area contributed by atoms with E-state index in [9.17, 15) is 4.79 Å². The van der Waals surface area contributed by atoms with Gasteiger partial charge in [-0.15, -0.1) is 0 Å². The van der Waals surface area contributed by atoms with Gasteiger partial charge in [0.15, 0.2) is 5.16 Å². The zero-order chi connectivity index (χ0) is 14.7. The second-order valence-corrected chi connectivity index (χ2v) is 6.16. The van der Waals surface area contributed by atoms with Gasteiger partial charge in [0.05, 0.1) is 17.6 Å². The Kier molecular flexibility index (Phi) is 4.15. The van der Waals surface area contributed by atoms with E-state index in [0.717, 1.165) is 17.8 Å². The summed E-state index contributed by atoms with van der Waals surface area (Å²) in [6, 6.07) is 9.85. The number of nitrogens with two attached hydrogens (primary N) is 1. The smallest absolute Gasteiger partial charge is 0.230 e. The van der Waals surface area contributed by atoms with E-state index < -0.39 is 0 Å². The molecule has 6 heteroatoms. The van der Waals surface area contributed by atoms with Crippen molar-refractivity contribution >= 4 is 17.7 Å². The molecule has 1 aromatic carbocycles. The molecule has 5 nitrogen and oxygen atoms in total. The van der Waals surface area contributed by atoms with Crippen LogP contribution in [0.5, 0.6) is 0 Å². The number of carbonyl (C=O) groups excluding carboxylic acids is 1. The SMILES string of the molecule is Nn1cc(-c2ccccc2)nc1SCC(=O)NCC1CC1. The third-order valence-corrected chi connectivity index (χ3v) is 4.35. The number of nitrogen functional groups attached to an aromatic ring is 1. The van der Waals surface area contributed by atoms with Gasteiger partial charge in [-0.25, -0.2) is 9.66 Å². The molecule has 0 unspecified atom stereocenters. The first kappa shape index (κ1) is 14.0. The Morgan fingerprint density at radius 3 is 2.86 bits per heavy atom. The van der Waals surface area contributed by atoms with E-state index in [1.165, 1.54) is 29.3 Å². The van der Waals surface area contributed by atoms with Crippen molar-refractivity contribution in [1.82, 2.24) is 15.0 Å². The second kappa shape index (κ2) is 6.22. The van der Waals surface area contributed by atoms with E-state index in [-0.39, 0.29) is 5.91 Å². The maximum Gasteiger partial charge on any atom is 0.230 e. The van der Waals surface area contributed by atoms with Crippen LogP contribution in [0.2, 0.25) is 0 Å². The van der Waals surface area contributed by atoms with Gasteiger partial charge in [-0.1, -0.05) is 42.1 Å². The van der Waals surface area contributed by atoms with Crippen LogP contribution < -0.4 is 11.2 Å². The fraction of sp³-hybridized carbons (Fsp3) is 0.333. The van der Waals surface area contributed by atoms with Crippen LogP contribution in [0.25, 0.3) is 11.3 Å². The minimum Gasteiger partial charge on any atom is -0.355 e. The fourth-order valence-electron chi connectivity index (χ4n) is 1.99. The molecule has 3 N–H and O–H groups in total. The summed E-state index contributed by atoms with van der Waals surface area (Å²) < 4.78 is 1.47. The first-order valence-electron chi connectivity index (χ1n) is 7.02. The Morgan fingerprint density at radius 2 is 2.14 bits per heavy atom. The molecule has 1 aromatic heterocycles. The molecule has 1 aliphatic rings. The van der Waals surface area contributed by atoms with Gasteiger partial charge in [-0.2, -0.15) is 0 Å². The lowest BCUT2D eigenvalue weighted by molar-refractivity contribution is -0.118. The number of imidazole rings is 1. The van der Waals surface area contributed by atoms with Gasteiger partial charge < -0.3 is 11.2 Å². The van der Waals surface area contributed by atoms with Gasteiger partial charge in [0, 0.05) is 12.1 Å². The van der Waals surface area contributed by atoms with Crippen LogP contribution in [-0.4, -0.2) is 27.9 Å². The molecule has 0 aliphatic heterocycles. The van der Waals surface area contributed by atoms with E-state index in [4.69, 9.17) is 5.84 Å². The highest BCUT2D eigenvalue weighted by molar-refractivity contribution is 7.99. The average molecular weight is 302 g/mol. The zero-order valence-corrected chi connectivity index (χ0v) is 12.5. The number of amides is 1. The minimum atomic E-state index is 0.0381. The molecule has 1 amide bonds. The van der Waals surface area contributed by atoms with E-state index in [2.05, 4.69) is 10.3 Å². The molecule has 3 rings (SSSR count). The number of benzene rings is 1. The molecule has 110 valence electrons. The lowest BCUT2D eigenvalue weighted by Gasteiger charge is -2.03. The lowest BCUT2D eigenvalue weighted by Crippen LogP contribution is -2.27. The van der Waals surface area contributed by atoms with Crippen LogP contribution in [0.3, 0.4) is 0 Å². The molecule has 0 radical (unpaired) electrons. The molecule has 0 bridgehead atoms. The largest absolute Gasteiger partial charge is 0.355 e. The first-order chi connectivity index (χ1) is 10.2. The number of hydrogen-bond donors (Lipinski definition) is 2. The van der Waals surface area contributed by atoms with E-state index in [0.29, 0.717) is 16.8 Å². The Labute approximate surface area is 127 Å². The van der Waals surface area contributed by atoms with Crippen molar-refractivity contribution in [3.63, 3.8) is 0 Å². The van der Waals surface area contributed by atoms with Crippen LogP contribution in [0.4, 0.5) is 0 Å². The van der Waals surface area contributed by atoms with Crippen molar-refractivity contribution in [2.75, 3.05) is 18.1 Å². The van der Waals surface area contributed by atoms with Crippen molar-refractivity contribution < 1.29 is 4.79 Å². The van der Waals surface area contributed by atoms with Gasteiger partial charge in [-0.05, 0) is 18.8 Å². The first-order valence-corrected chi connectivity index (χ1v) is 8.00. The van der Waals surface area contributed by atoms with Gasteiger partial charge in [0.25, 0.3) is 0 Å². The monoisotopic (exact) mass is 302 g/mol. The number of hydrogen-bond acceptors (Lipinski definition) is 4. The number of nitrogens with one attached hydrogen (secondary N) is 1. The van der Waals surface area contributed by atoms with Crippen LogP contribution in [0.1, 0.15) is 12.8 Å². The highest BCUT2D eigenvalue weighted by Gasteiger charge is 2.21. The number of aromatic nitrogens is 2. The second-order valence-electron chi connectivity index (χ2n) is 5.22. The maximum atomic E-state index is 11.7. The predicted octanol–water partition coefficient (Wildman–Crippen LogP) is 1.88. The maximum absolute atomic E-state index is 11.7. The highest BCUT2D eigenvalue weighted by Crippen LogP contribution is 2.27. The van der Waals surface area contributed by atoms with Gasteiger partial charge >= 0.3 is 0 Å². The van der Waals surface area contributed by atoms with Gasteiger partial charge in [0.1, 0.15) is 0 Å².